The van der Waals surface area contributed by atoms with Crippen LogP contribution in [0.4, 0.5) is 0 Å². The van der Waals surface area contributed by atoms with Crippen LogP contribution >= 0.6 is 11.8 Å². The van der Waals surface area contributed by atoms with Gasteiger partial charge < -0.3 is 10.3 Å². The van der Waals surface area contributed by atoms with Gasteiger partial charge in [-0.05, 0) is 24.6 Å². The summed E-state index contributed by atoms with van der Waals surface area (Å²) in [5.74, 6) is 1.68. The summed E-state index contributed by atoms with van der Waals surface area (Å²) in [4.78, 5) is 1.21. The first kappa shape index (κ1) is 11.2. The molecule has 1 aromatic carbocycles. The largest absolute Gasteiger partial charge is 0.361 e. The van der Waals surface area contributed by atoms with Crippen molar-refractivity contribution in [1.29, 1.82) is 0 Å². The van der Waals surface area contributed by atoms with E-state index in [1.165, 1.54) is 4.90 Å². The minimum atomic E-state index is 0.581. The summed E-state index contributed by atoms with van der Waals surface area (Å²) in [5, 5.41) is 3.95. The molecule has 0 saturated heterocycles. The molecular formula is C12H14N2OS. The van der Waals surface area contributed by atoms with E-state index in [0.717, 1.165) is 22.8 Å². The second-order valence-electron chi connectivity index (χ2n) is 3.57. The zero-order valence-electron chi connectivity index (χ0n) is 9.14. The number of benzene rings is 1. The molecule has 16 heavy (non-hydrogen) atoms. The highest BCUT2D eigenvalue weighted by Gasteiger charge is 2.01. The molecule has 0 saturated carbocycles. The van der Waals surface area contributed by atoms with Crippen LogP contribution in [0, 0.1) is 6.92 Å². The molecule has 0 aliphatic carbocycles. The van der Waals surface area contributed by atoms with Gasteiger partial charge in [0.15, 0.2) is 0 Å². The van der Waals surface area contributed by atoms with E-state index >= 15 is 0 Å². The third-order valence-electron chi connectivity index (χ3n) is 2.20. The van der Waals surface area contributed by atoms with Crippen molar-refractivity contribution < 1.29 is 4.52 Å². The second kappa shape index (κ2) is 5.18. The molecule has 1 heterocycles. The van der Waals surface area contributed by atoms with Gasteiger partial charge >= 0.3 is 0 Å². The van der Waals surface area contributed by atoms with Gasteiger partial charge in [0.1, 0.15) is 5.76 Å². The first-order chi connectivity index (χ1) is 7.78. The SMILES string of the molecule is Cc1cc(CSc2cccc(CN)c2)no1. The molecule has 0 unspecified atom stereocenters. The number of aromatic nitrogens is 1. The van der Waals surface area contributed by atoms with Gasteiger partial charge in [0.25, 0.3) is 0 Å². The van der Waals surface area contributed by atoms with Crippen LogP contribution in [0.25, 0.3) is 0 Å². The zero-order valence-corrected chi connectivity index (χ0v) is 9.96. The highest BCUT2D eigenvalue weighted by Crippen LogP contribution is 2.23. The lowest BCUT2D eigenvalue weighted by Crippen LogP contribution is -1.95. The fraction of sp³-hybridized carbons (Fsp3) is 0.250. The van der Waals surface area contributed by atoms with Crippen LogP contribution < -0.4 is 5.73 Å². The molecule has 2 aromatic rings. The first-order valence-electron chi connectivity index (χ1n) is 5.12. The molecule has 0 aliphatic rings. The Kier molecular flexibility index (Phi) is 3.64. The Hall–Kier alpha value is -1.26. The number of rotatable bonds is 4. The number of nitrogens with zero attached hydrogens (tertiary/aromatic N) is 1. The Bertz CT molecular complexity index is 468. The van der Waals surface area contributed by atoms with Crippen LogP contribution in [-0.4, -0.2) is 5.16 Å². The van der Waals surface area contributed by atoms with Crippen molar-refractivity contribution in [3.05, 3.63) is 47.3 Å². The molecule has 4 heteroatoms. The van der Waals surface area contributed by atoms with Crippen molar-refractivity contribution in [1.82, 2.24) is 5.16 Å². The average molecular weight is 234 g/mol. The molecule has 2 N–H and O–H groups in total. The molecule has 0 amide bonds. The molecule has 0 fully saturated rings. The molecule has 0 radical (unpaired) electrons. The van der Waals surface area contributed by atoms with Gasteiger partial charge in [0.05, 0.1) is 5.69 Å². The summed E-state index contributed by atoms with van der Waals surface area (Å²) in [6.45, 7) is 2.48. The van der Waals surface area contributed by atoms with E-state index in [1.807, 2.05) is 25.1 Å². The molecular weight excluding hydrogens is 220 g/mol. The molecule has 0 aliphatic heterocycles. The molecule has 1 aromatic heterocycles. The molecule has 0 atom stereocenters. The fourth-order valence-corrected chi connectivity index (χ4v) is 2.27. The highest BCUT2D eigenvalue weighted by molar-refractivity contribution is 7.98. The van der Waals surface area contributed by atoms with Gasteiger partial charge in [-0.2, -0.15) is 0 Å². The Morgan fingerprint density at radius 3 is 2.94 bits per heavy atom. The fourth-order valence-electron chi connectivity index (χ4n) is 1.41. The number of thioether (sulfide) groups is 1. The van der Waals surface area contributed by atoms with Crippen LogP contribution in [0.2, 0.25) is 0 Å². The maximum atomic E-state index is 5.59. The van der Waals surface area contributed by atoms with E-state index in [-0.39, 0.29) is 0 Å². The predicted octanol–water partition coefficient (Wildman–Crippen LogP) is 2.73. The third-order valence-corrected chi connectivity index (χ3v) is 3.23. The Balaban J connectivity index is 1.99. The summed E-state index contributed by atoms with van der Waals surface area (Å²) < 4.78 is 5.01. The quantitative estimate of drug-likeness (QED) is 0.826. The van der Waals surface area contributed by atoms with Crippen LogP contribution in [0.3, 0.4) is 0 Å². The lowest BCUT2D eigenvalue weighted by atomic mass is 10.2. The lowest BCUT2D eigenvalue weighted by molar-refractivity contribution is 0.393. The van der Waals surface area contributed by atoms with E-state index < -0.39 is 0 Å². The van der Waals surface area contributed by atoms with Gasteiger partial charge in [0.2, 0.25) is 0 Å². The molecule has 0 spiro atoms. The summed E-state index contributed by atoms with van der Waals surface area (Å²) in [5.41, 5.74) is 7.72. The number of aryl methyl sites for hydroxylation is 1. The van der Waals surface area contributed by atoms with Crippen LogP contribution in [0.5, 0.6) is 0 Å². The molecule has 3 nitrogen and oxygen atoms in total. The maximum Gasteiger partial charge on any atom is 0.133 e. The number of nitrogens with two attached hydrogens (primary N) is 1. The summed E-state index contributed by atoms with van der Waals surface area (Å²) in [7, 11) is 0. The second-order valence-corrected chi connectivity index (χ2v) is 4.62. The monoisotopic (exact) mass is 234 g/mol. The number of hydrogen-bond acceptors (Lipinski definition) is 4. The highest BCUT2D eigenvalue weighted by atomic mass is 32.2. The van der Waals surface area contributed by atoms with E-state index in [4.69, 9.17) is 10.3 Å². The first-order valence-corrected chi connectivity index (χ1v) is 6.10. The average Bonchev–Trinajstić information content (AvgIpc) is 2.73. The zero-order chi connectivity index (χ0) is 11.4. The standard InChI is InChI=1S/C12H14N2OS/c1-9-5-11(14-15-9)8-16-12-4-2-3-10(6-12)7-13/h2-6H,7-8,13H2,1H3. The van der Waals surface area contributed by atoms with Crippen LogP contribution in [-0.2, 0) is 12.3 Å². The van der Waals surface area contributed by atoms with Crippen molar-refractivity contribution in [2.24, 2.45) is 5.73 Å². The predicted molar refractivity (Wildman–Crippen MR) is 65.1 cm³/mol. The Morgan fingerprint density at radius 1 is 1.38 bits per heavy atom. The Labute approximate surface area is 99.0 Å². The molecule has 84 valence electrons. The van der Waals surface area contributed by atoms with E-state index in [1.54, 1.807) is 11.8 Å². The normalized spacial score (nSPS) is 10.6. The van der Waals surface area contributed by atoms with Gasteiger partial charge in [-0.15, -0.1) is 11.8 Å². The topological polar surface area (TPSA) is 52.0 Å². The van der Waals surface area contributed by atoms with E-state index in [2.05, 4.69) is 17.3 Å². The van der Waals surface area contributed by atoms with Crippen molar-refractivity contribution in [3.8, 4) is 0 Å². The van der Waals surface area contributed by atoms with Crippen molar-refractivity contribution in [2.45, 2.75) is 24.1 Å². The van der Waals surface area contributed by atoms with E-state index in [0.29, 0.717) is 6.54 Å². The minimum Gasteiger partial charge on any atom is -0.361 e. The van der Waals surface area contributed by atoms with Crippen LogP contribution in [0.1, 0.15) is 17.0 Å². The molecule has 0 bridgehead atoms. The van der Waals surface area contributed by atoms with Crippen molar-refractivity contribution >= 4 is 11.8 Å². The Morgan fingerprint density at radius 2 is 2.25 bits per heavy atom. The molecule has 2 rings (SSSR count). The van der Waals surface area contributed by atoms with Gasteiger partial charge in [-0.1, -0.05) is 17.3 Å². The van der Waals surface area contributed by atoms with Crippen molar-refractivity contribution in [2.75, 3.05) is 0 Å². The van der Waals surface area contributed by atoms with E-state index in [9.17, 15) is 0 Å². The van der Waals surface area contributed by atoms with Gasteiger partial charge in [0, 0.05) is 23.3 Å². The number of hydrogen-bond donors (Lipinski definition) is 1. The lowest BCUT2D eigenvalue weighted by Gasteiger charge is -2.01. The summed E-state index contributed by atoms with van der Waals surface area (Å²) >= 11 is 1.74. The van der Waals surface area contributed by atoms with Crippen LogP contribution in [0.15, 0.2) is 39.8 Å². The minimum absolute atomic E-state index is 0.581. The third kappa shape index (κ3) is 2.87. The maximum absolute atomic E-state index is 5.59. The smallest absolute Gasteiger partial charge is 0.133 e. The van der Waals surface area contributed by atoms with Crippen molar-refractivity contribution in [3.63, 3.8) is 0 Å². The summed E-state index contributed by atoms with van der Waals surface area (Å²) in [6.07, 6.45) is 0. The van der Waals surface area contributed by atoms with Gasteiger partial charge in [-0.25, -0.2) is 0 Å². The van der Waals surface area contributed by atoms with Gasteiger partial charge in [-0.3, -0.25) is 0 Å². The summed E-state index contributed by atoms with van der Waals surface area (Å²) in [6, 6.07) is 10.2.